The van der Waals surface area contributed by atoms with E-state index < -0.39 is 97.5 Å². The molecule has 19 heteroatoms. The molecular formula is C83H158O17P2. The lowest BCUT2D eigenvalue weighted by molar-refractivity contribution is -0.161. The number of aliphatic hydroxyl groups is 1. The van der Waals surface area contributed by atoms with E-state index in [0.29, 0.717) is 25.7 Å². The summed E-state index contributed by atoms with van der Waals surface area (Å²) in [5, 5.41) is 10.7. The van der Waals surface area contributed by atoms with Crippen LogP contribution in [0.15, 0.2) is 24.3 Å². The van der Waals surface area contributed by atoms with E-state index in [9.17, 15) is 43.2 Å². The molecule has 0 bridgehead atoms. The molecule has 0 rings (SSSR count). The maximum atomic E-state index is 13.1. The van der Waals surface area contributed by atoms with E-state index in [1.165, 1.54) is 231 Å². The van der Waals surface area contributed by atoms with Crippen LogP contribution in [0.4, 0.5) is 0 Å². The van der Waals surface area contributed by atoms with Crippen LogP contribution in [0, 0.1) is 0 Å². The van der Waals surface area contributed by atoms with Crippen molar-refractivity contribution in [1.29, 1.82) is 0 Å². The minimum atomic E-state index is -4.97. The Bertz CT molecular complexity index is 2020. The van der Waals surface area contributed by atoms with E-state index in [1.807, 2.05) is 0 Å². The van der Waals surface area contributed by atoms with E-state index in [2.05, 4.69) is 52.0 Å². The summed E-state index contributed by atoms with van der Waals surface area (Å²) in [5.41, 5.74) is 0. The lowest BCUT2D eigenvalue weighted by Gasteiger charge is -2.21. The van der Waals surface area contributed by atoms with Crippen molar-refractivity contribution < 1.29 is 80.2 Å². The highest BCUT2D eigenvalue weighted by Crippen LogP contribution is 2.45. The van der Waals surface area contributed by atoms with Gasteiger partial charge in [-0.05, 0) is 57.8 Å². The molecule has 0 aromatic heterocycles. The monoisotopic (exact) mass is 1490 g/mol. The van der Waals surface area contributed by atoms with Crippen molar-refractivity contribution in [2.75, 3.05) is 39.6 Å². The first-order chi connectivity index (χ1) is 49.7. The van der Waals surface area contributed by atoms with Crippen LogP contribution in [0.3, 0.4) is 0 Å². The van der Waals surface area contributed by atoms with Gasteiger partial charge in [-0.2, -0.15) is 0 Å². The first-order valence-corrected chi connectivity index (χ1v) is 45.6. The number of hydrogen-bond donors (Lipinski definition) is 3. The van der Waals surface area contributed by atoms with Crippen molar-refractivity contribution in [3.8, 4) is 0 Å². The zero-order chi connectivity index (χ0) is 74.6. The Balaban J connectivity index is 5.30. The molecule has 0 fully saturated rings. The van der Waals surface area contributed by atoms with Gasteiger partial charge < -0.3 is 33.8 Å². The normalized spacial score (nSPS) is 13.9. The molecule has 0 radical (unpaired) electrons. The molecule has 0 amide bonds. The largest absolute Gasteiger partial charge is 0.472 e. The van der Waals surface area contributed by atoms with Gasteiger partial charge in [0.1, 0.15) is 19.3 Å². The highest BCUT2D eigenvalue weighted by Gasteiger charge is 2.30. The second kappa shape index (κ2) is 76.7. The van der Waals surface area contributed by atoms with Crippen molar-refractivity contribution in [2.24, 2.45) is 0 Å². The van der Waals surface area contributed by atoms with Crippen LogP contribution in [0.2, 0.25) is 0 Å². The third-order valence-electron chi connectivity index (χ3n) is 18.9. The molecular weight excluding hydrogens is 1330 g/mol. The summed E-state index contributed by atoms with van der Waals surface area (Å²) in [7, 11) is -9.93. The molecule has 2 unspecified atom stereocenters. The zero-order valence-electron chi connectivity index (χ0n) is 66.1. The number of hydrogen-bond acceptors (Lipinski definition) is 15. The van der Waals surface area contributed by atoms with Crippen LogP contribution in [0.1, 0.15) is 426 Å². The summed E-state index contributed by atoms with van der Waals surface area (Å²) >= 11 is 0. The fourth-order valence-corrected chi connectivity index (χ4v) is 14.0. The van der Waals surface area contributed by atoms with Gasteiger partial charge in [-0.1, -0.05) is 367 Å². The van der Waals surface area contributed by atoms with Crippen LogP contribution in [0.25, 0.3) is 0 Å². The van der Waals surface area contributed by atoms with E-state index >= 15 is 0 Å². The Kier molecular flexibility index (Phi) is 74.9. The number of unbranched alkanes of at least 4 members (excludes halogenated alkanes) is 52. The van der Waals surface area contributed by atoms with Crippen molar-refractivity contribution >= 4 is 39.5 Å². The molecule has 0 aliphatic heterocycles. The van der Waals surface area contributed by atoms with Gasteiger partial charge in [0.05, 0.1) is 26.4 Å². The van der Waals surface area contributed by atoms with Crippen molar-refractivity contribution in [3.63, 3.8) is 0 Å². The van der Waals surface area contributed by atoms with Gasteiger partial charge in [-0.25, -0.2) is 9.13 Å². The number of ether oxygens (including phenoxy) is 4. The molecule has 0 aliphatic rings. The van der Waals surface area contributed by atoms with Crippen molar-refractivity contribution in [1.82, 2.24) is 0 Å². The molecule has 0 aromatic carbocycles. The number of allylic oxidation sites excluding steroid dienone is 4. The quantitative estimate of drug-likeness (QED) is 0.0169. The number of phosphoric ester groups is 2. The molecule has 0 saturated heterocycles. The number of esters is 4. The molecule has 0 aromatic rings. The van der Waals surface area contributed by atoms with E-state index in [4.69, 9.17) is 37.0 Å². The van der Waals surface area contributed by atoms with Gasteiger partial charge in [-0.15, -0.1) is 0 Å². The van der Waals surface area contributed by atoms with Gasteiger partial charge in [-0.3, -0.25) is 37.3 Å². The number of rotatable bonds is 82. The SMILES string of the molecule is CCCCC/C=C\C/C=C\CCCCCCCC(=O)OC[C@H](COP(=O)(O)OC[C@H](O)COP(=O)(O)OC[C@@H](COC(=O)CCCCCCCCCCCCCCCCC)OC(=O)CCCCCCCCCCCCCCCCC)OC(=O)CCCCCCCCCCCCCCCCCCC. The van der Waals surface area contributed by atoms with Crippen molar-refractivity contribution in [3.05, 3.63) is 24.3 Å². The summed E-state index contributed by atoms with van der Waals surface area (Å²) in [6.07, 6.45) is 72.8. The zero-order valence-corrected chi connectivity index (χ0v) is 67.9. The van der Waals surface area contributed by atoms with E-state index in [-0.39, 0.29) is 25.7 Å². The maximum absolute atomic E-state index is 13.1. The summed E-state index contributed by atoms with van der Waals surface area (Å²) in [4.78, 5) is 73.1. The third-order valence-corrected chi connectivity index (χ3v) is 20.9. The summed E-state index contributed by atoms with van der Waals surface area (Å²) < 4.78 is 68.8. The van der Waals surface area contributed by atoms with Crippen LogP contribution >= 0.6 is 15.6 Å². The predicted octanol–water partition coefficient (Wildman–Crippen LogP) is 24.9. The predicted molar refractivity (Wildman–Crippen MR) is 418 cm³/mol. The molecule has 0 saturated carbocycles. The number of phosphoric acid groups is 2. The minimum absolute atomic E-state index is 0.103. The second-order valence-electron chi connectivity index (χ2n) is 29.2. The third kappa shape index (κ3) is 75.8. The molecule has 0 aliphatic carbocycles. The van der Waals surface area contributed by atoms with Crippen molar-refractivity contribution in [2.45, 2.75) is 444 Å². The maximum Gasteiger partial charge on any atom is 0.472 e. The number of carbonyl (C=O) groups is 4. The highest BCUT2D eigenvalue weighted by molar-refractivity contribution is 7.47. The Labute approximate surface area is 624 Å². The minimum Gasteiger partial charge on any atom is -0.462 e. The van der Waals surface area contributed by atoms with Gasteiger partial charge >= 0.3 is 39.5 Å². The summed E-state index contributed by atoms with van der Waals surface area (Å²) in [5.74, 6) is -2.13. The Hall–Kier alpha value is -2.46. The molecule has 3 N–H and O–H groups in total. The molecule has 0 heterocycles. The molecule has 17 nitrogen and oxygen atoms in total. The lowest BCUT2D eigenvalue weighted by Crippen LogP contribution is -2.30. The van der Waals surface area contributed by atoms with Gasteiger partial charge in [0.25, 0.3) is 0 Å². The van der Waals surface area contributed by atoms with E-state index in [1.54, 1.807) is 0 Å². The molecule has 0 spiro atoms. The number of aliphatic hydroxyl groups excluding tert-OH is 1. The van der Waals surface area contributed by atoms with Crippen LogP contribution in [0.5, 0.6) is 0 Å². The van der Waals surface area contributed by atoms with Gasteiger partial charge in [0.2, 0.25) is 0 Å². The Morgan fingerprint density at radius 2 is 0.480 bits per heavy atom. The smallest absolute Gasteiger partial charge is 0.462 e. The first-order valence-electron chi connectivity index (χ1n) is 42.6. The average molecular weight is 1490 g/mol. The fraction of sp³-hybridized carbons (Fsp3) is 0.904. The topological polar surface area (TPSA) is 237 Å². The first kappa shape index (κ1) is 99.5. The molecule has 5 atom stereocenters. The Morgan fingerprint density at radius 3 is 0.745 bits per heavy atom. The summed E-state index contributed by atoms with van der Waals surface area (Å²) in [6, 6.07) is 0. The standard InChI is InChI=1S/C83H158O17P2/c1-5-9-13-17-21-25-29-33-37-38-42-46-50-54-58-62-66-70-83(88)100-79(74-94-81(86)68-64-60-56-52-48-44-40-35-31-27-23-19-15-11-7-3)76-98-102(91,92)96-72-77(84)71-95-101(89,90)97-75-78(99-82(87)69-65-61-57-53-49-45-41-36-32-28-24-20-16-12-8-4)73-93-80(85)67-63-59-55-51-47-43-39-34-30-26-22-18-14-10-6-2/h23,27,35,40,77-79,84H,5-22,24-26,28-34,36-39,41-76H2,1-4H3,(H,89,90)(H,91,92)/b27-23-,40-35-/t77-,78-,79-/m1/s1. The lowest BCUT2D eigenvalue weighted by atomic mass is 10.0. The summed E-state index contributed by atoms with van der Waals surface area (Å²) in [6.45, 7) is 4.98. The fourth-order valence-electron chi connectivity index (χ4n) is 12.4. The Morgan fingerprint density at radius 1 is 0.275 bits per heavy atom. The molecule has 102 heavy (non-hydrogen) atoms. The van der Waals surface area contributed by atoms with Crippen LogP contribution in [-0.4, -0.2) is 96.7 Å². The van der Waals surface area contributed by atoms with Gasteiger partial charge in [0, 0.05) is 25.7 Å². The second-order valence-corrected chi connectivity index (χ2v) is 32.1. The van der Waals surface area contributed by atoms with Crippen LogP contribution in [-0.2, 0) is 65.4 Å². The van der Waals surface area contributed by atoms with Crippen LogP contribution < -0.4 is 0 Å². The molecule has 602 valence electrons. The highest BCUT2D eigenvalue weighted by atomic mass is 31.2. The van der Waals surface area contributed by atoms with E-state index in [0.717, 1.165) is 116 Å². The number of carbonyl (C=O) groups excluding carboxylic acids is 4. The average Bonchev–Trinajstić information content (AvgIpc) is 1.12. The van der Waals surface area contributed by atoms with Gasteiger partial charge in [0.15, 0.2) is 12.2 Å².